The molecule has 7 nitrogen and oxygen atoms in total. The molecule has 8 heteroatoms. The minimum atomic E-state index is -3.76. The van der Waals surface area contributed by atoms with Crippen LogP contribution in [0.25, 0.3) is 0 Å². The molecule has 0 radical (unpaired) electrons. The number of amides is 1. The van der Waals surface area contributed by atoms with Crippen molar-refractivity contribution in [1.82, 2.24) is 4.72 Å². The summed E-state index contributed by atoms with van der Waals surface area (Å²) in [6, 6.07) is 12.9. The summed E-state index contributed by atoms with van der Waals surface area (Å²) in [5.41, 5.74) is 0.718. The second-order valence-electron chi connectivity index (χ2n) is 5.39. The first-order chi connectivity index (χ1) is 12.5. The Morgan fingerprint density at radius 3 is 2.54 bits per heavy atom. The van der Waals surface area contributed by atoms with Crippen LogP contribution in [0.4, 0.5) is 5.69 Å². The van der Waals surface area contributed by atoms with Gasteiger partial charge in [0.2, 0.25) is 10.0 Å². The molecule has 1 amide bonds. The highest BCUT2D eigenvalue weighted by molar-refractivity contribution is 7.89. The Hall–Kier alpha value is -2.42. The van der Waals surface area contributed by atoms with Gasteiger partial charge in [0.1, 0.15) is 5.75 Å². The molecular weight excluding hydrogens is 356 g/mol. The van der Waals surface area contributed by atoms with E-state index in [9.17, 15) is 13.2 Å². The summed E-state index contributed by atoms with van der Waals surface area (Å²) in [7, 11) is -3.76. The molecule has 0 heterocycles. The highest BCUT2D eigenvalue weighted by atomic mass is 32.2. The van der Waals surface area contributed by atoms with Gasteiger partial charge in [0.15, 0.2) is 0 Å². The maximum Gasteiger partial charge on any atom is 0.255 e. The number of benzene rings is 2. The molecule has 0 aliphatic carbocycles. The minimum Gasteiger partial charge on any atom is -0.492 e. The summed E-state index contributed by atoms with van der Waals surface area (Å²) in [6.07, 6.45) is 0.313. The molecular formula is C18H22N2O5S. The van der Waals surface area contributed by atoms with E-state index in [2.05, 4.69) is 10.0 Å². The lowest BCUT2D eigenvalue weighted by molar-refractivity contribution is 0.102. The van der Waals surface area contributed by atoms with E-state index < -0.39 is 10.0 Å². The maximum atomic E-state index is 12.4. The second kappa shape index (κ2) is 9.33. The summed E-state index contributed by atoms with van der Waals surface area (Å²) in [6.45, 7) is 2.18. The number of sulfonamides is 1. The van der Waals surface area contributed by atoms with Crippen molar-refractivity contribution in [3.05, 3.63) is 54.1 Å². The second-order valence-corrected chi connectivity index (χ2v) is 7.15. The first kappa shape index (κ1) is 19.9. The van der Waals surface area contributed by atoms with E-state index in [0.29, 0.717) is 24.3 Å². The van der Waals surface area contributed by atoms with Gasteiger partial charge in [-0.05, 0) is 43.7 Å². The number of aliphatic hydroxyl groups is 1. The number of aliphatic hydroxyl groups excluding tert-OH is 1. The molecule has 0 spiro atoms. The van der Waals surface area contributed by atoms with Gasteiger partial charge in [-0.15, -0.1) is 0 Å². The number of anilines is 1. The van der Waals surface area contributed by atoms with Gasteiger partial charge >= 0.3 is 0 Å². The average Bonchev–Trinajstić information content (AvgIpc) is 2.64. The Labute approximate surface area is 153 Å². The molecule has 0 aromatic heterocycles. The van der Waals surface area contributed by atoms with E-state index in [4.69, 9.17) is 9.84 Å². The number of rotatable bonds is 9. The van der Waals surface area contributed by atoms with Crippen LogP contribution in [0.1, 0.15) is 23.7 Å². The third-order valence-electron chi connectivity index (χ3n) is 3.47. The molecule has 0 aliphatic heterocycles. The summed E-state index contributed by atoms with van der Waals surface area (Å²) in [4.78, 5) is 12.4. The van der Waals surface area contributed by atoms with Crippen LogP contribution in [0.3, 0.4) is 0 Å². The number of carbonyl (C=O) groups excluding carboxylic acids is 1. The van der Waals surface area contributed by atoms with Gasteiger partial charge in [-0.25, -0.2) is 13.1 Å². The Kier molecular flexibility index (Phi) is 7.14. The fraction of sp³-hybridized carbons (Fsp3) is 0.278. The van der Waals surface area contributed by atoms with E-state index in [-0.39, 0.29) is 29.6 Å². The summed E-state index contributed by atoms with van der Waals surface area (Å²) < 4.78 is 32.6. The highest BCUT2D eigenvalue weighted by Gasteiger charge is 2.17. The standard InChI is InChI=1S/C18H22N2O5S/c1-2-25-17-10-9-15(26(23,24)19-11-6-12-21)13-16(17)20-18(22)14-7-4-3-5-8-14/h3-5,7-10,13,19,21H,2,6,11-12H2,1H3,(H,20,22). The van der Waals surface area contributed by atoms with Crippen molar-refractivity contribution in [2.45, 2.75) is 18.2 Å². The zero-order valence-electron chi connectivity index (χ0n) is 14.4. The molecule has 2 aromatic carbocycles. The van der Waals surface area contributed by atoms with Crippen molar-refractivity contribution in [3.63, 3.8) is 0 Å². The van der Waals surface area contributed by atoms with Gasteiger partial charge in [-0.1, -0.05) is 18.2 Å². The third kappa shape index (κ3) is 5.29. The van der Waals surface area contributed by atoms with Crippen LogP contribution in [0.15, 0.2) is 53.4 Å². The summed E-state index contributed by atoms with van der Waals surface area (Å²) >= 11 is 0. The van der Waals surface area contributed by atoms with E-state index >= 15 is 0 Å². The van der Waals surface area contributed by atoms with Crippen molar-refractivity contribution in [2.24, 2.45) is 0 Å². The lowest BCUT2D eigenvalue weighted by atomic mass is 10.2. The van der Waals surface area contributed by atoms with Crippen LogP contribution in [0.2, 0.25) is 0 Å². The molecule has 2 aromatic rings. The quantitative estimate of drug-likeness (QED) is 0.579. The first-order valence-corrected chi connectivity index (χ1v) is 9.70. The molecule has 0 atom stereocenters. The molecule has 0 saturated carbocycles. The number of carbonyl (C=O) groups is 1. The number of ether oxygens (including phenoxy) is 1. The van der Waals surface area contributed by atoms with Crippen molar-refractivity contribution in [3.8, 4) is 5.75 Å². The number of hydrogen-bond donors (Lipinski definition) is 3. The average molecular weight is 378 g/mol. The van der Waals surface area contributed by atoms with E-state index in [0.717, 1.165) is 0 Å². The van der Waals surface area contributed by atoms with Crippen LogP contribution in [0, 0.1) is 0 Å². The highest BCUT2D eigenvalue weighted by Crippen LogP contribution is 2.28. The SMILES string of the molecule is CCOc1ccc(S(=O)(=O)NCCCO)cc1NC(=O)c1ccccc1. The van der Waals surface area contributed by atoms with Crippen LogP contribution in [-0.2, 0) is 10.0 Å². The molecule has 3 N–H and O–H groups in total. The van der Waals surface area contributed by atoms with Crippen molar-refractivity contribution < 1.29 is 23.1 Å². The molecule has 0 bridgehead atoms. The van der Waals surface area contributed by atoms with Gasteiger partial charge in [-0.3, -0.25) is 4.79 Å². The summed E-state index contributed by atoms with van der Waals surface area (Å²) in [5.74, 6) is 0.0143. The third-order valence-corrected chi connectivity index (χ3v) is 4.93. The zero-order chi connectivity index (χ0) is 19.0. The minimum absolute atomic E-state index is 0.00209. The van der Waals surface area contributed by atoms with Gasteiger partial charge in [0.25, 0.3) is 5.91 Å². The Bertz CT molecular complexity index is 838. The van der Waals surface area contributed by atoms with Crippen LogP contribution >= 0.6 is 0 Å². The molecule has 0 aliphatic rings. The monoisotopic (exact) mass is 378 g/mol. The van der Waals surface area contributed by atoms with E-state index in [1.54, 1.807) is 37.3 Å². The predicted molar refractivity (Wildman–Crippen MR) is 98.9 cm³/mol. The maximum absolute atomic E-state index is 12.4. The van der Waals surface area contributed by atoms with E-state index in [1.807, 2.05) is 0 Å². The van der Waals surface area contributed by atoms with Crippen LogP contribution < -0.4 is 14.8 Å². The molecule has 0 fully saturated rings. The molecule has 26 heavy (non-hydrogen) atoms. The van der Waals surface area contributed by atoms with Crippen molar-refractivity contribution in [2.75, 3.05) is 25.1 Å². The Balaban J connectivity index is 2.29. The lowest BCUT2D eigenvalue weighted by Crippen LogP contribution is -2.25. The van der Waals surface area contributed by atoms with Gasteiger partial charge < -0.3 is 15.2 Å². The fourth-order valence-electron chi connectivity index (χ4n) is 2.21. The molecule has 0 saturated heterocycles. The van der Waals surface area contributed by atoms with Crippen LogP contribution in [-0.4, -0.2) is 39.2 Å². The summed E-state index contributed by atoms with van der Waals surface area (Å²) in [5, 5.41) is 11.5. The molecule has 0 unspecified atom stereocenters. The Morgan fingerprint density at radius 1 is 1.15 bits per heavy atom. The lowest BCUT2D eigenvalue weighted by Gasteiger charge is -2.14. The van der Waals surface area contributed by atoms with Gasteiger partial charge in [-0.2, -0.15) is 0 Å². The first-order valence-electron chi connectivity index (χ1n) is 8.21. The normalized spacial score (nSPS) is 11.2. The fourth-order valence-corrected chi connectivity index (χ4v) is 3.31. The molecule has 140 valence electrons. The van der Waals surface area contributed by atoms with Gasteiger partial charge in [0.05, 0.1) is 17.2 Å². The Morgan fingerprint density at radius 2 is 1.88 bits per heavy atom. The smallest absolute Gasteiger partial charge is 0.255 e. The van der Waals surface area contributed by atoms with Crippen molar-refractivity contribution >= 4 is 21.6 Å². The predicted octanol–water partition coefficient (Wildman–Crippen LogP) is 2.00. The number of nitrogens with one attached hydrogen (secondary N) is 2. The van der Waals surface area contributed by atoms with Crippen molar-refractivity contribution in [1.29, 1.82) is 0 Å². The zero-order valence-corrected chi connectivity index (χ0v) is 15.3. The topological polar surface area (TPSA) is 105 Å². The molecule has 2 rings (SSSR count). The van der Waals surface area contributed by atoms with Gasteiger partial charge in [0, 0.05) is 18.7 Å². The van der Waals surface area contributed by atoms with E-state index in [1.165, 1.54) is 18.2 Å². The number of hydrogen-bond acceptors (Lipinski definition) is 5. The van der Waals surface area contributed by atoms with Crippen LogP contribution in [0.5, 0.6) is 5.75 Å². The largest absolute Gasteiger partial charge is 0.492 e.